The molecular weight excluding hydrogens is 516 g/mol. The summed E-state index contributed by atoms with van der Waals surface area (Å²) in [7, 11) is 0. The molecule has 0 heterocycles. The van der Waals surface area contributed by atoms with Gasteiger partial charge in [0.25, 0.3) is 0 Å². The standard InChI is InChI=1S/C34H46N2O5/c1-6-14-28(23-31(38)36(20-21-37)24-27-18-12-9-13-19-27)32(39)35-30(34(3,4)5)25-41-33(40)29(15-7-2)22-26-16-10-8-11-17-26/h6-13,16-19,28-30,37H,1-2,14-15,20-25H2,3-5H3,(H,35,39)/t28-,29-,30+/m0/s1. The Labute approximate surface area is 245 Å². The highest BCUT2D eigenvalue weighted by Crippen LogP contribution is 2.23. The number of amides is 2. The maximum absolute atomic E-state index is 13.5. The van der Waals surface area contributed by atoms with Crippen molar-refractivity contribution >= 4 is 17.8 Å². The van der Waals surface area contributed by atoms with E-state index in [4.69, 9.17) is 4.74 Å². The van der Waals surface area contributed by atoms with Crippen molar-refractivity contribution in [2.24, 2.45) is 17.3 Å². The SMILES string of the molecule is C=CC[C@@H](CC(=O)N(CCO)Cc1ccccc1)C(=O)N[C@H](COC(=O)[C@@H](CC=C)Cc1ccccc1)C(C)(C)C. The van der Waals surface area contributed by atoms with Gasteiger partial charge in [-0.25, -0.2) is 0 Å². The van der Waals surface area contributed by atoms with E-state index in [1.165, 1.54) is 0 Å². The van der Waals surface area contributed by atoms with Crippen molar-refractivity contribution in [3.05, 3.63) is 97.1 Å². The van der Waals surface area contributed by atoms with Gasteiger partial charge in [0, 0.05) is 19.5 Å². The molecule has 0 bridgehead atoms. The van der Waals surface area contributed by atoms with Gasteiger partial charge < -0.3 is 20.1 Å². The van der Waals surface area contributed by atoms with Crippen LogP contribution in [0.1, 0.15) is 51.2 Å². The molecule has 2 aromatic rings. The summed E-state index contributed by atoms with van der Waals surface area (Å²) < 4.78 is 5.75. The molecule has 0 aliphatic rings. The first kappa shape index (κ1) is 33.5. The van der Waals surface area contributed by atoms with Crippen LogP contribution in [-0.2, 0) is 32.1 Å². The Morgan fingerprint density at radius 2 is 1.49 bits per heavy atom. The van der Waals surface area contributed by atoms with Crippen LogP contribution in [0, 0.1) is 17.3 Å². The van der Waals surface area contributed by atoms with Gasteiger partial charge in [-0.05, 0) is 35.8 Å². The summed E-state index contributed by atoms with van der Waals surface area (Å²) in [4.78, 5) is 41.3. The van der Waals surface area contributed by atoms with Gasteiger partial charge in [0.05, 0.1) is 24.5 Å². The zero-order chi connectivity index (χ0) is 30.3. The molecule has 3 atom stereocenters. The second-order valence-electron chi connectivity index (χ2n) is 11.4. The Morgan fingerprint density at radius 1 is 0.927 bits per heavy atom. The van der Waals surface area contributed by atoms with Gasteiger partial charge in [-0.15, -0.1) is 13.2 Å². The van der Waals surface area contributed by atoms with Crippen LogP contribution in [0.15, 0.2) is 86.0 Å². The molecule has 0 radical (unpaired) electrons. The van der Waals surface area contributed by atoms with E-state index >= 15 is 0 Å². The molecule has 2 rings (SSSR count). The molecule has 2 aromatic carbocycles. The first-order valence-electron chi connectivity index (χ1n) is 14.2. The van der Waals surface area contributed by atoms with Crippen molar-refractivity contribution in [1.29, 1.82) is 0 Å². The van der Waals surface area contributed by atoms with Gasteiger partial charge in [0.15, 0.2) is 0 Å². The fraction of sp³-hybridized carbons (Fsp3) is 0.441. The van der Waals surface area contributed by atoms with Gasteiger partial charge in [-0.1, -0.05) is 93.6 Å². The summed E-state index contributed by atoms with van der Waals surface area (Å²) >= 11 is 0. The predicted octanol–water partition coefficient (Wildman–Crippen LogP) is 5.10. The van der Waals surface area contributed by atoms with Crippen molar-refractivity contribution in [2.45, 2.75) is 59.0 Å². The fourth-order valence-electron chi connectivity index (χ4n) is 4.48. The summed E-state index contributed by atoms with van der Waals surface area (Å²) in [6.07, 6.45) is 4.64. The Kier molecular flexibility index (Phi) is 14.0. The van der Waals surface area contributed by atoms with E-state index in [2.05, 4.69) is 18.5 Å². The van der Waals surface area contributed by atoms with Crippen LogP contribution >= 0.6 is 0 Å². The van der Waals surface area contributed by atoms with E-state index in [0.29, 0.717) is 25.8 Å². The van der Waals surface area contributed by atoms with Gasteiger partial charge >= 0.3 is 5.97 Å². The minimum atomic E-state index is -0.649. The normalized spacial score (nSPS) is 13.4. The third kappa shape index (κ3) is 11.7. The fourth-order valence-corrected chi connectivity index (χ4v) is 4.48. The number of aliphatic hydroxyl groups excluding tert-OH is 1. The van der Waals surface area contributed by atoms with E-state index in [-0.39, 0.29) is 49.9 Å². The maximum atomic E-state index is 13.5. The molecule has 0 saturated carbocycles. The van der Waals surface area contributed by atoms with E-state index in [0.717, 1.165) is 11.1 Å². The van der Waals surface area contributed by atoms with Crippen molar-refractivity contribution < 1.29 is 24.2 Å². The number of rotatable bonds is 17. The highest BCUT2D eigenvalue weighted by atomic mass is 16.5. The highest BCUT2D eigenvalue weighted by molar-refractivity contribution is 5.86. The number of ether oxygens (including phenoxy) is 1. The van der Waals surface area contributed by atoms with Crippen LogP contribution in [0.3, 0.4) is 0 Å². The van der Waals surface area contributed by atoms with Crippen LogP contribution < -0.4 is 5.32 Å². The average molecular weight is 563 g/mol. The van der Waals surface area contributed by atoms with Crippen molar-refractivity contribution in [1.82, 2.24) is 10.2 Å². The second kappa shape index (κ2) is 17.2. The predicted molar refractivity (Wildman–Crippen MR) is 163 cm³/mol. The molecule has 0 unspecified atom stereocenters. The van der Waals surface area contributed by atoms with Crippen molar-refractivity contribution in [3.63, 3.8) is 0 Å². The van der Waals surface area contributed by atoms with Crippen LogP contribution in [0.25, 0.3) is 0 Å². The highest BCUT2D eigenvalue weighted by Gasteiger charge is 2.32. The number of benzene rings is 2. The summed E-state index contributed by atoms with van der Waals surface area (Å²) in [5.74, 6) is -1.89. The number of carbonyl (C=O) groups excluding carboxylic acids is 3. The van der Waals surface area contributed by atoms with Gasteiger partial charge in [-0.2, -0.15) is 0 Å². The van der Waals surface area contributed by atoms with E-state index in [1.54, 1.807) is 17.1 Å². The number of esters is 1. The molecule has 0 spiro atoms. The van der Waals surface area contributed by atoms with Gasteiger partial charge in [0.2, 0.25) is 11.8 Å². The van der Waals surface area contributed by atoms with Crippen LogP contribution in [0.4, 0.5) is 0 Å². The molecule has 0 aliphatic carbocycles. The van der Waals surface area contributed by atoms with Crippen LogP contribution in [0.2, 0.25) is 0 Å². The lowest BCUT2D eigenvalue weighted by molar-refractivity contribution is -0.151. The molecule has 0 aromatic heterocycles. The molecule has 0 fully saturated rings. The number of nitrogens with one attached hydrogen (secondary N) is 1. The van der Waals surface area contributed by atoms with E-state index in [9.17, 15) is 19.5 Å². The van der Waals surface area contributed by atoms with E-state index in [1.807, 2.05) is 81.4 Å². The summed E-state index contributed by atoms with van der Waals surface area (Å²) in [6, 6.07) is 18.8. The van der Waals surface area contributed by atoms with E-state index < -0.39 is 17.4 Å². The molecule has 2 amide bonds. The lowest BCUT2D eigenvalue weighted by Gasteiger charge is -2.33. The minimum absolute atomic E-state index is 0.00983. The minimum Gasteiger partial charge on any atom is -0.463 e. The monoisotopic (exact) mass is 562 g/mol. The van der Waals surface area contributed by atoms with Gasteiger partial charge in [0.1, 0.15) is 6.61 Å². The first-order chi connectivity index (χ1) is 19.6. The maximum Gasteiger partial charge on any atom is 0.309 e. The number of allylic oxidation sites excluding steroid dienone is 2. The quantitative estimate of drug-likeness (QED) is 0.207. The van der Waals surface area contributed by atoms with Crippen molar-refractivity contribution in [2.75, 3.05) is 19.8 Å². The number of hydrogen-bond donors (Lipinski definition) is 2. The molecule has 7 heteroatoms. The Morgan fingerprint density at radius 3 is 2.02 bits per heavy atom. The second-order valence-corrected chi connectivity index (χ2v) is 11.4. The topological polar surface area (TPSA) is 95.9 Å². The lowest BCUT2D eigenvalue weighted by atomic mass is 9.86. The zero-order valence-electron chi connectivity index (χ0n) is 24.8. The molecule has 0 saturated heterocycles. The summed E-state index contributed by atoms with van der Waals surface area (Å²) in [5.41, 5.74) is 1.56. The first-order valence-corrected chi connectivity index (χ1v) is 14.2. The number of nitrogens with zero attached hydrogens (tertiary/aromatic N) is 1. The summed E-state index contributed by atoms with van der Waals surface area (Å²) in [5, 5.41) is 12.6. The smallest absolute Gasteiger partial charge is 0.309 e. The third-order valence-corrected chi connectivity index (χ3v) is 7.05. The summed E-state index contributed by atoms with van der Waals surface area (Å²) in [6.45, 7) is 13.8. The largest absolute Gasteiger partial charge is 0.463 e. The Bertz CT molecular complexity index is 1110. The molecule has 222 valence electrons. The van der Waals surface area contributed by atoms with Crippen LogP contribution in [-0.4, -0.2) is 53.6 Å². The zero-order valence-corrected chi connectivity index (χ0v) is 24.8. The molecular formula is C34H46N2O5. The average Bonchev–Trinajstić information content (AvgIpc) is 2.94. The molecule has 2 N–H and O–H groups in total. The van der Waals surface area contributed by atoms with Crippen molar-refractivity contribution in [3.8, 4) is 0 Å². The van der Waals surface area contributed by atoms with Gasteiger partial charge in [-0.3, -0.25) is 14.4 Å². The molecule has 0 aliphatic heterocycles. The third-order valence-electron chi connectivity index (χ3n) is 7.05. The number of hydrogen-bond acceptors (Lipinski definition) is 5. The molecule has 41 heavy (non-hydrogen) atoms. The Hall–Kier alpha value is -3.71. The lowest BCUT2D eigenvalue weighted by Crippen LogP contribution is -2.50. The number of aliphatic hydroxyl groups is 1. The molecule has 7 nitrogen and oxygen atoms in total. The number of carbonyl (C=O) groups is 3. The van der Waals surface area contributed by atoms with Crippen LogP contribution in [0.5, 0.6) is 0 Å². The Balaban J connectivity index is 2.08.